The zero-order chi connectivity index (χ0) is 16.9. The molecule has 0 spiro atoms. The van der Waals surface area contributed by atoms with Crippen molar-refractivity contribution in [1.82, 2.24) is 14.5 Å². The van der Waals surface area contributed by atoms with E-state index in [0.29, 0.717) is 12.1 Å². The van der Waals surface area contributed by atoms with Crippen molar-refractivity contribution in [2.75, 3.05) is 0 Å². The van der Waals surface area contributed by atoms with Gasteiger partial charge in [-0.2, -0.15) is 4.39 Å². The number of alkyl halides is 3. The van der Waals surface area contributed by atoms with Gasteiger partial charge in [0.25, 0.3) is 0 Å². The number of halogens is 4. The van der Waals surface area contributed by atoms with E-state index in [2.05, 4.69) is 9.97 Å². The molecule has 0 N–H and O–H groups in total. The molecule has 0 radical (unpaired) electrons. The van der Waals surface area contributed by atoms with Crippen LogP contribution in [0.4, 0.5) is 17.6 Å². The van der Waals surface area contributed by atoms with Crippen molar-refractivity contribution >= 4 is 0 Å². The fourth-order valence-corrected chi connectivity index (χ4v) is 3.80. The monoisotopic (exact) mass is 339 g/mol. The minimum atomic E-state index is -2.75. The summed E-state index contributed by atoms with van der Waals surface area (Å²) in [6.45, 7) is 0. The Bertz CT molecular complexity index is 761. The average Bonchev–Trinajstić information content (AvgIpc) is 3.10. The molecule has 128 valence electrons. The van der Waals surface area contributed by atoms with Crippen molar-refractivity contribution in [2.45, 2.75) is 56.2 Å². The van der Waals surface area contributed by atoms with Crippen molar-refractivity contribution in [3.05, 3.63) is 36.3 Å². The van der Waals surface area contributed by atoms with Crippen molar-refractivity contribution in [1.29, 1.82) is 0 Å². The van der Waals surface area contributed by atoms with Gasteiger partial charge in [0.05, 0.1) is 30.0 Å². The first-order chi connectivity index (χ1) is 11.4. The van der Waals surface area contributed by atoms with Gasteiger partial charge >= 0.3 is 0 Å². The van der Waals surface area contributed by atoms with Gasteiger partial charge in [-0.25, -0.2) is 23.1 Å². The van der Waals surface area contributed by atoms with Crippen LogP contribution in [0.5, 0.6) is 0 Å². The number of pyridine rings is 1. The average molecular weight is 339 g/mol. The van der Waals surface area contributed by atoms with Crippen molar-refractivity contribution in [3.63, 3.8) is 0 Å². The quantitative estimate of drug-likeness (QED) is 0.600. The lowest BCUT2D eigenvalue weighted by Gasteiger charge is -2.34. The van der Waals surface area contributed by atoms with Gasteiger partial charge in [0.1, 0.15) is 5.67 Å². The second-order valence-corrected chi connectivity index (χ2v) is 6.81. The lowest BCUT2D eigenvalue weighted by Crippen LogP contribution is -2.35. The second kappa shape index (κ2) is 5.29. The van der Waals surface area contributed by atoms with E-state index in [1.807, 2.05) is 4.57 Å². The molecule has 3 heterocycles. The van der Waals surface area contributed by atoms with Gasteiger partial charge in [0, 0.05) is 18.4 Å². The van der Waals surface area contributed by atoms with Crippen LogP contribution >= 0.6 is 0 Å². The Labute approximate surface area is 136 Å². The number of aromatic nitrogens is 3. The third-order valence-electron chi connectivity index (χ3n) is 5.23. The van der Waals surface area contributed by atoms with Crippen LogP contribution in [0.1, 0.15) is 50.3 Å². The van der Waals surface area contributed by atoms with Crippen LogP contribution in [0.3, 0.4) is 0 Å². The minimum absolute atomic E-state index is 0.132. The van der Waals surface area contributed by atoms with Gasteiger partial charge in [-0.05, 0) is 37.8 Å². The summed E-state index contributed by atoms with van der Waals surface area (Å²) >= 11 is 0. The number of fused-ring (bicyclic) bond motifs is 3. The lowest BCUT2D eigenvalue weighted by atomic mass is 9.80. The lowest BCUT2D eigenvalue weighted by molar-refractivity contribution is -0.0782. The van der Waals surface area contributed by atoms with Crippen LogP contribution in [0.25, 0.3) is 11.3 Å². The van der Waals surface area contributed by atoms with Gasteiger partial charge < -0.3 is 4.57 Å². The molecular formula is C17H17F4N3. The molecule has 1 aliphatic carbocycles. The fourth-order valence-electron chi connectivity index (χ4n) is 3.80. The van der Waals surface area contributed by atoms with Crippen LogP contribution in [0, 0.1) is 5.95 Å². The van der Waals surface area contributed by atoms with E-state index >= 15 is 0 Å². The molecule has 2 aromatic heterocycles. The maximum Gasteiger partial charge on any atom is 0.248 e. The molecule has 1 unspecified atom stereocenters. The van der Waals surface area contributed by atoms with E-state index in [0.717, 1.165) is 11.3 Å². The molecule has 2 aromatic rings. The first-order valence-corrected chi connectivity index (χ1v) is 8.12. The standard InChI is InChI=1S/C17H17F4N3/c18-14-2-1-11-13-9-22-10-24(13)12(15(11)23-14)3-4-16(19)5-7-17(20,21)8-6-16/h1-2,9-10,12H,3-8H2. The highest BCUT2D eigenvalue weighted by Crippen LogP contribution is 2.46. The topological polar surface area (TPSA) is 30.7 Å². The molecular weight excluding hydrogens is 322 g/mol. The highest BCUT2D eigenvalue weighted by molar-refractivity contribution is 5.66. The van der Waals surface area contributed by atoms with Crippen LogP contribution in [0.15, 0.2) is 24.7 Å². The molecule has 1 saturated carbocycles. The van der Waals surface area contributed by atoms with Gasteiger partial charge in [-0.1, -0.05) is 0 Å². The molecule has 1 aliphatic heterocycles. The van der Waals surface area contributed by atoms with Gasteiger partial charge in [-0.3, -0.25) is 0 Å². The first kappa shape index (κ1) is 15.6. The van der Waals surface area contributed by atoms with Crippen molar-refractivity contribution < 1.29 is 17.6 Å². The molecule has 0 saturated heterocycles. The van der Waals surface area contributed by atoms with E-state index in [1.165, 1.54) is 6.07 Å². The first-order valence-electron chi connectivity index (χ1n) is 8.12. The normalized spacial score (nSPS) is 23.8. The summed E-state index contributed by atoms with van der Waals surface area (Å²) in [5, 5.41) is 0. The summed E-state index contributed by atoms with van der Waals surface area (Å²) < 4.78 is 56.8. The van der Waals surface area contributed by atoms with E-state index in [-0.39, 0.29) is 25.3 Å². The summed E-state index contributed by atoms with van der Waals surface area (Å²) in [6, 6.07) is 2.64. The van der Waals surface area contributed by atoms with E-state index in [1.54, 1.807) is 18.6 Å². The van der Waals surface area contributed by atoms with E-state index < -0.39 is 30.4 Å². The van der Waals surface area contributed by atoms with Crippen LogP contribution in [-0.2, 0) is 0 Å². The van der Waals surface area contributed by atoms with Crippen LogP contribution in [0.2, 0.25) is 0 Å². The van der Waals surface area contributed by atoms with Gasteiger partial charge in [0.2, 0.25) is 11.9 Å². The molecule has 1 fully saturated rings. The van der Waals surface area contributed by atoms with Crippen molar-refractivity contribution in [3.8, 4) is 11.3 Å². The molecule has 0 bridgehead atoms. The number of hydrogen-bond donors (Lipinski definition) is 0. The highest BCUT2D eigenvalue weighted by atomic mass is 19.3. The Hall–Kier alpha value is -1.92. The van der Waals surface area contributed by atoms with Gasteiger partial charge in [0.15, 0.2) is 0 Å². The maximum atomic E-state index is 14.9. The highest BCUT2D eigenvalue weighted by Gasteiger charge is 2.44. The minimum Gasteiger partial charge on any atom is -0.321 e. The molecule has 3 nitrogen and oxygen atoms in total. The largest absolute Gasteiger partial charge is 0.321 e. The Balaban J connectivity index is 1.55. The maximum absolute atomic E-state index is 14.9. The smallest absolute Gasteiger partial charge is 0.248 e. The predicted octanol–water partition coefficient (Wildman–Crippen LogP) is 4.68. The zero-order valence-electron chi connectivity index (χ0n) is 13.0. The third kappa shape index (κ3) is 2.59. The van der Waals surface area contributed by atoms with Gasteiger partial charge in [-0.15, -0.1) is 0 Å². The summed E-state index contributed by atoms with van der Waals surface area (Å²) in [6.07, 6.45) is 2.75. The summed E-state index contributed by atoms with van der Waals surface area (Å²) in [7, 11) is 0. The van der Waals surface area contributed by atoms with E-state index in [4.69, 9.17) is 0 Å². The molecule has 7 heteroatoms. The predicted molar refractivity (Wildman–Crippen MR) is 80.0 cm³/mol. The Morgan fingerprint density at radius 2 is 1.88 bits per heavy atom. The zero-order valence-corrected chi connectivity index (χ0v) is 13.0. The fraction of sp³-hybridized carbons (Fsp3) is 0.529. The number of imidazole rings is 1. The Kier molecular flexibility index (Phi) is 3.44. The number of rotatable bonds is 3. The van der Waals surface area contributed by atoms with Crippen LogP contribution in [-0.4, -0.2) is 26.1 Å². The Morgan fingerprint density at radius 3 is 2.62 bits per heavy atom. The summed E-state index contributed by atoms with van der Waals surface area (Å²) in [5.41, 5.74) is 0.600. The molecule has 0 aromatic carbocycles. The number of nitrogens with zero attached hydrogens (tertiary/aromatic N) is 3. The third-order valence-corrected chi connectivity index (χ3v) is 5.23. The summed E-state index contributed by atoms with van der Waals surface area (Å²) in [5.74, 6) is -3.33. The SMILES string of the molecule is Fc1ccc2c(n1)C(CCC1(F)CCC(F)(F)CC1)n1cncc1-2. The summed E-state index contributed by atoms with van der Waals surface area (Å²) in [4.78, 5) is 8.07. The molecule has 4 rings (SSSR count). The second-order valence-electron chi connectivity index (χ2n) is 6.81. The van der Waals surface area contributed by atoms with Crippen LogP contribution < -0.4 is 0 Å². The molecule has 2 aliphatic rings. The molecule has 24 heavy (non-hydrogen) atoms. The van der Waals surface area contributed by atoms with Crippen molar-refractivity contribution in [2.24, 2.45) is 0 Å². The number of hydrogen-bond acceptors (Lipinski definition) is 2. The molecule has 0 amide bonds. The Morgan fingerprint density at radius 1 is 1.12 bits per heavy atom. The van der Waals surface area contributed by atoms with E-state index in [9.17, 15) is 17.6 Å². The molecule has 1 atom stereocenters.